The summed E-state index contributed by atoms with van der Waals surface area (Å²) >= 11 is 0. The van der Waals surface area contributed by atoms with Crippen LogP contribution in [0.25, 0.3) is 0 Å². The molecule has 0 atom stereocenters. The zero-order valence-electron chi connectivity index (χ0n) is 16.9. The van der Waals surface area contributed by atoms with Gasteiger partial charge in [0.1, 0.15) is 17.0 Å². The number of carbonyl (C=O) groups is 2. The van der Waals surface area contributed by atoms with Gasteiger partial charge < -0.3 is 19.4 Å². The fourth-order valence-corrected chi connectivity index (χ4v) is 4.64. The van der Waals surface area contributed by atoms with Crippen molar-refractivity contribution in [2.24, 2.45) is 0 Å². The van der Waals surface area contributed by atoms with Crippen LogP contribution in [0.2, 0.25) is 0 Å². The van der Waals surface area contributed by atoms with E-state index < -0.39 is 17.4 Å². The highest BCUT2D eigenvalue weighted by Crippen LogP contribution is 2.44. The van der Waals surface area contributed by atoms with E-state index in [0.29, 0.717) is 38.0 Å². The van der Waals surface area contributed by atoms with Crippen LogP contribution in [0.4, 0.5) is 9.18 Å². The van der Waals surface area contributed by atoms with Gasteiger partial charge in [0.25, 0.3) is 0 Å². The highest BCUT2D eigenvalue weighted by molar-refractivity contribution is 5.95. The molecule has 2 amide bonds. The van der Waals surface area contributed by atoms with E-state index in [9.17, 15) is 14.0 Å². The van der Waals surface area contributed by atoms with Crippen molar-refractivity contribution in [3.8, 4) is 0 Å². The molecule has 2 saturated heterocycles. The average molecular weight is 426 g/mol. The average Bonchev–Trinajstić information content (AvgIpc) is 2.99. The summed E-state index contributed by atoms with van der Waals surface area (Å²) in [6.07, 6.45) is 4.79. The molecule has 0 saturated carbocycles. The Labute approximate surface area is 177 Å². The molecule has 29 heavy (non-hydrogen) atoms. The molecule has 4 rings (SSSR count). The van der Waals surface area contributed by atoms with Crippen molar-refractivity contribution in [2.45, 2.75) is 37.7 Å². The lowest BCUT2D eigenvalue weighted by molar-refractivity contribution is -0.0384. The number of carbonyl (C=O) groups excluding carboxylic acids is 2. The number of amides is 2. The van der Waals surface area contributed by atoms with Crippen LogP contribution >= 0.6 is 12.4 Å². The van der Waals surface area contributed by atoms with Gasteiger partial charge in [-0.25, -0.2) is 14.0 Å². The minimum atomic E-state index is -0.794. The monoisotopic (exact) mass is 425 g/mol. The lowest BCUT2D eigenvalue weighted by Gasteiger charge is -2.40. The Morgan fingerprint density at radius 2 is 1.86 bits per heavy atom. The molecule has 0 aliphatic carbocycles. The van der Waals surface area contributed by atoms with Crippen molar-refractivity contribution in [3.63, 3.8) is 0 Å². The summed E-state index contributed by atoms with van der Waals surface area (Å²) in [5.74, 6) is -1.12. The minimum absolute atomic E-state index is 0. The van der Waals surface area contributed by atoms with Gasteiger partial charge in [0.15, 0.2) is 0 Å². The van der Waals surface area contributed by atoms with Crippen LogP contribution in [-0.2, 0) is 10.3 Å². The molecular formula is C21H29ClFN3O3. The van der Waals surface area contributed by atoms with Crippen molar-refractivity contribution in [1.29, 1.82) is 0 Å². The number of esters is 1. The number of piperidine rings is 2. The number of urea groups is 1. The first-order chi connectivity index (χ1) is 13.5. The van der Waals surface area contributed by atoms with Crippen LogP contribution in [-0.4, -0.2) is 73.0 Å². The fourth-order valence-electron chi connectivity index (χ4n) is 4.64. The van der Waals surface area contributed by atoms with Crippen molar-refractivity contribution in [1.82, 2.24) is 14.7 Å². The van der Waals surface area contributed by atoms with Crippen molar-refractivity contribution >= 4 is 24.4 Å². The zero-order valence-corrected chi connectivity index (χ0v) is 17.7. The molecule has 0 aromatic heterocycles. The SMILES string of the molecule is CN(CCN1CCCCC1)C(=O)N1CCC2(CC1)OC(=O)c1c(F)cccc12.Cl. The summed E-state index contributed by atoms with van der Waals surface area (Å²) in [4.78, 5) is 31.0. The van der Waals surface area contributed by atoms with E-state index in [0.717, 1.165) is 19.6 Å². The molecule has 3 heterocycles. The maximum absolute atomic E-state index is 14.1. The largest absolute Gasteiger partial charge is 0.450 e. The summed E-state index contributed by atoms with van der Waals surface area (Å²) in [7, 11) is 1.84. The first-order valence-electron chi connectivity index (χ1n) is 10.2. The maximum atomic E-state index is 14.1. The summed E-state index contributed by atoms with van der Waals surface area (Å²) < 4.78 is 19.7. The lowest BCUT2D eigenvalue weighted by Crippen LogP contribution is -2.50. The Kier molecular flexibility index (Phi) is 6.69. The molecule has 1 aromatic carbocycles. The third-order valence-corrected chi connectivity index (χ3v) is 6.37. The number of ether oxygens (including phenoxy) is 1. The first-order valence-corrected chi connectivity index (χ1v) is 10.2. The molecule has 6 nitrogen and oxygen atoms in total. The Bertz CT molecular complexity index is 762. The summed E-state index contributed by atoms with van der Waals surface area (Å²) in [6, 6.07) is 4.68. The highest BCUT2D eigenvalue weighted by atomic mass is 35.5. The number of benzene rings is 1. The quantitative estimate of drug-likeness (QED) is 0.697. The van der Waals surface area contributed by atoms with Gasteiger partial charge in [0, 0.05) is 51.6 Å². The molecule has 1 spiro atoms. The Morgan fingerprint density at radius 3 is 2.55 bits per heavy atom. The van der Waals surface area contributed by atoms with Crippen LogP contribution in [0.15, 0.2) is 18.2 Å². The van der Waals surface area contributed by atoms with Crippen LogP contribution in [0.1, 0.15) is 48.0 Å². The van der Waals surface area contributed by atoms with Crippen molar-refractivity contribution in [3.05, 3.63) is 35.1 Å². The molecule has 3 aliphatic rings. The number of hydrogen-bond donors (Lipinski definition) is 0. The van der Waals surface area contributed by atoms with Crippen LogP contribution in [0.5, 0.6) is 0 Å². The number of rotatable bonds is 3. The number of halogens is 2. The topological polar surface area (TPSA) is 53.1 Å². The van der Waals surface area contributed by atoms with Crippen molar-refractivity contribution in [2.75, 3.05) is 46.3 Å². The second-order valence-corrected chi connectivity index (χ2v) is 8.14. The van der Waals surface area contributed by atoms with Crippen LogP contribution in [0, 0.1) is 5.82 Å². The normalized spacial score (nSPS) is 20.8. The maximum Gasteiger partial charge on any atom is 0.342 e. The molecule has 3 aliphatic heterocycles. The smallest absolute Gasteiger partial charge is 0.342 e. The molecule has 1 aromatic rings. The van der Waals surface area contributed by atoms with E-state index in [-0.39, 0.29) is 24.0 Å². The predicted molar refractivity (Wildman–Crippen MR) is 110 cm³/mol. The Balaban J connectivity index is 0.00000240. The Hall–Kier alpha value is -1.86. The Morgan fingerprint density at radius 1 is 1.17 bits per heavy atom. The first kappa shape index (κ1) is 21.8. The van der Waals surface area contributed by atoms with Crippen LogP contribution < -0.4 is 0 Å². The molecule has 0 unspecified atom stereocenters. The molecule has 160 valence electrons. The van der Waals surface area contributed by atoms with Gasteiger partial charge in [-0.3, -0.25) is 0 Å². The minimum Gasteiger partial charge on any atom is -0.450 e. The molecule has 0 radical (unpaired) electrons. The lowest BCUT2D eigenvalue weighted by atomic mass is 9.83. The number of likely N-dealkylation sites (tertiary alicyclic amines) is 2. The number of hydrogen-bond acceptors (Lipinski definition) is 4. The van der Waals surface area contributed by atoms with Crippen LogP contribution in [0.3, 0.4) is 0 Å². The molecule has 0 bridgehead atoms. The standard InChI is InChI=1S/C21H28FN3O3.ClH/c1-23(14-15-24-10-3-2-4-11-24)20(27)25-12-8-21(9-13-25)16-6-5-7-17(22)18(16)19(26)28-21;/h5-7H,2-4,8-15H2,1H3;1H. The van der Waals surface area contributed by atoms with Gasteiger partial charge >= 0.3 is 12.0 Å². The molecule has 8 heteroatoms. The summed E-state index contributed by atoms with van der Waals surface area (Å²) in [6.45, 7) is 4.85. The van der Waals surface area contributed by atoms with Gasteiger partial charge in [-0.15, -0.1) is 12.4 Å². The van der Waals surface area contributed by atoms with E-state index in [2.05, 4.69) is 4.90 Å². The van der Waals surface area contributed by atoms with Gasteiger partial charge in [-0.05, 0) is 32.0 Å². The number of likely N-dealkylation sites (N-methyl/N-ethyl adjacent to an activating group) is 1. The van der Waals surface area contributed by atoms with Gasteiger partial charge in [-0.1, -0.05) is 18.6 Å². The second-order valence-electron chi connectivity index (χ2n) is 8.14. The van der Waals surface area contributed by atoms with E-state index in [1.807, 2.05) is 11.9 Å². The van der Waals surface area contributed by atoms with E-state index in [1.54, 1.807) is 17.0 Å². The predicted octanol–water partition coefficient (Wildman–Crippen LogP) is 3.25. The molecule has 2 fully saturated rings. The fraction of sp³-hybridized carbons (Fsp3) is 0.619. The second kappa shape index (κ2) is 8.88. The van der Waals surface area contributed by atoms with Crippen molar-refractivity contribution < 1.29 is 18.7 Å². The van der Waals surface area contributed by atoms with E-state index >= 15 is 0 Å². The number of nitrogens with zero attached hydrogens (tertiary/aromatic N) is 3. The van der Waals surface area contributed by atoms with Gasteiger partial charge in [0.2, 0.25) is 0 Å². The zero-order chi connectivity index (χ0) is 19.7. The van der Waals surface area contributed by atoms with E-state index in [4.69, 9.17) is 4.74 Å². The summed E-state index contributed by atoms with van der Waals surface area (Å²) in [5.41, 5.74) is -0.110. The third kappa shape index (κ3) is 4.21. The number of fused-ring (bicyclic) bond motifs is 2. The van der Waals surface area contributed by atoms with E-state index in [1.165, 1.54) is 25.3 Å². The highest BCUT2D eigenvalue weighted by Gasteiger charge is 2.49. The third-order valence-electron chi connectivity index (χ3n) is 6.37. The summed E-state index contributed by atoms with van der Waals surface area (Å²) in [5, 5.41) is 0. The van der Waals surface area contributed by atoms with Gasteiger partial charge in [0.05, 0.1) is 0 Å². The van der Waals surface area contributed by atoms with Gasteiger partial charge in [-0.2, -0.15) is 0 Å². The molecular weight excluding hydrogens is 397 g/mol. The molecule has 0 N–H and O–H groups in total.